The molecule has 0 spiro atoms. The molecule has 0 saturated carbocycles. The molecule has 3 amide bonds. The summed E-state index contributed by atoms with van der Waals surface area (Å²) in [4.78, 5) is 30.1. The second-order valence-corrected chi connectivity index (χ2v) is 9.61. The Morgan fingerprint density at radius 3 is 2.16 bits per heavy atom. The SMILES string of the molecule is CCCCC(NC(=O)NCc1ccc(O)cc1)C(=O)N(Cc1cccs1)Cc1cccs1. The van der Waals surface area contributed by atoms with Crippen LogP contribution in [0.25, 0.3) is 0 Å². The van der Waals surface area contributed by atoms with Crippen molar-refractivity contribution in [2.75, 3.05) is 0 Å². The summed E-state index contributed by atoms with van der Waals surface area (Å²) >= 11 is 3.25. The highest BCUT2D eigenvalue weighted by Crippen LogP contribution is 2.19. The summed E-state index contributed by atoms with van der Waals surface area (Å²) < 4.78 is 0. The minimum absolute atomic E-state index is 0.0694. The van der Waals surface area contributed by atoms with Gasteiger partial charge >= 0.3 is 6.03 Å². The van der Waals surface area contributed by atoms with Gasteiger partial charge in [0.05, 0.1) is 13.1 Å². The summed E-state index contributed by atoms with van der Waals surface area (Å²) in [5.41, 5.74) is 0.867. The quantitative estimate of drug-likeness (QED) is 0.364. The third-order valence-corrected chi connectivity index (χ3v) is 6.73. The molecule has 3 aromatic rings. The van der Waals surface area contributed by atoms with E-state index in [1.807, 2.05) is 39.9 Å². The fourth-order valence-corrected chi connectivity index (χ4v) is 4.72. The highest BCUT2D eigenvalue weighted by Gasteiger charge is 2.26. The molecule has 0 bridgehead atoms. The molecule has 32 heavy (non-hydrogen) atoms. The molecule has 2 heterocycles. The molecular formula is C24H29N3O3S2. The Labute approximate surface area is 196 Å². The first kappa shape index (κ1) is 23.8. The molecule has 0 aliphatic rings. The summed E-state index contributed by atoms with van der Waals surface area (Å²) in [7, 11) is 0. The van der Waals surface area contributed by atoms with Crippen LogP contribution < -0.4 is 10.6 Å². The number of nitrogens with one attached hydrogen (secondary N) is 2. The average Bonchev–Trinajstić information content (AvgIpc) is 3.50. The van der Waals surface area contributed by atoms with E-state index in [1.54, 1.807) is 46.9 Å². The zero-order valence-corrected chi connectivity index (χ0v) is 19.8. The van der Waals surface area contributed by atoms with E-state index in [0.717, 1.165) is 28.2 Å². The summed E-state index contributed by atoms with van der Waals surface area (Å²) in [5, 5.41) is 19.1. The number of thiophene rings is 2. The molecule has 0 saturated heterocycles. The topological polar surface area (TPSA) is 81.7 Å². The number of amides is 3. The third kappa shape index (κ3) is 7.39. The van der Waals surface area contributed by atoms with E-state index in [0.29, 0.717) is 26.1 Å². The van der Waals surface area contributed by atoms with E-state index in [4.69, 9.17) is 0 Å². The lowest BCUT2D eigenvalue weighted by molar-refractivity contribution is -0.134. The molecule has 6 nitrogen and oxygen atoms in total. The molecule has 3 N–H and O–H groups in total. The number of urea groups is 1. The molecule has 8 heteroatoms. The number of unbranched alkanes of at least 4 members (excludes halogenated alkanes) is 1. The summed E-state index contributed by atoms with van der Waals surface area (Å²) in [6.45, 7) is 3.43. The van der Waals surface area contributed by atoms with Gasteiger partial charge in [0.2, 0.25) is 5.91 Å². The van der Waals surface area contributed by atoms with Crippen LogP contribution in [0.15, 0.2) is 59.3 Å². The predicted octanol–water partition coefficient (Wildman–Crippen LogP) is 5.10. The van der Waals surface area contributed by atoms with Crippen LogP contribution in [-0.2, 0) is 24.4 Å². The summed E-state index contributed by atoms with van der Waals surface area (Å²) in [6.07, 6.45) is 2.38. The highest BCUT2D eigenvalue weighted by molar-refractivity contribution is 7.10. The van der Waals surface area contributed by atoms with Crippen molar-refractivity contribution < 1.29 is 14.7 Å². The maximum absolute atomic E-state index is 13.5. The Balaban J connectivity index is 1.66. The van der Waals surface area contributed by atoms with E-state index in [1.165, 1.54) is 0 Å². The fraction of sp³-hybridized carbons (Fsp3) is 0.333. The van der Waals surface area contributed by atoms with Gasteiger partial charge in [0, 0.05) is 16.3 Å². The van der Waals surface area contributed by atoms with E-state index in [-0.39, 0.29) is 17.7 Å². The second-order valence-electron chi connectivity index (χ2n) is 7.54. The van der Waals surface area contributed by atoms with Crippen molar-refractivity contribution >= 4 is 34.6 Å². The number of aromatic hydroxyl groups is 1. The van der Waals surface area contributed by atoms with Crippen molar-refractivity contribution in [3.8, 4) is 5.75 Å². The van der Waals surface area contributed by atoms with E-state index < -0.39 is 6.04 Å². The number of carbonyl (C=O) groups is 2. The predicted molar refractivity (Wildman–Crippen MR) is 130 cm³/mol. The highest BCUT2D eigenvalue weighted by atomic mass is 32.1. The van der Waals surface area contributed by atoms with Crippen LogP contribution in [0.3, 0.4) is 0 Å². The summed E-state index contributed by atoms with van der Waals surface area (Å²) in [5.74, 6) is 0.111. The van der Waals surface area contributed by atoms with Crippen molar-refractivity contribution in [2.24, 2.45) is 0 Å². The van der Waals surface area contributed by atoms with Gasteiger partial charge in [0.15, 0.2) is 0 Å². The van der Waals surface area contributed by atoms with Gasteiger partial charge in [-0.2, -0.15) is 0 Å². The van der Waals surface area contributed by atoms with Gasteiger partial charge in [-0.3, -0.25) is 4.79 Å². The molecule has 0 aliphatic carbocycles. The van der Waals surface area contributed by atoms with Crippen LogP contribution >= 0.6 is 22.7 Å². The number of benzene rings is 1. The van der Waals surface area contributed by atoms with Crippen molar-refractivity contribution in [2.45, 2.75) is 51.9 Å². The molecule has 170 valence electrons. The smallest absolute Gasteiger partial charge is 0.315 e. The van der Waals surface area contributed by atoms with Gasteiger partial charge in [-0.15, -0.1) is 22.7 Å². The van der Waals surface area contributed by atoms with Gasteiger partial charge < -0.3 is 20.6 Å². The van der Waals surface area contributed by atoms with Crippen molar-refractivity contribution in [3.63, 3.8) is 0 Å². The maximum atomic E-state index is 13.5. The third-order valence-electron chi connectivity index (χ3n) is 5.00. The molecular weight excluding hydrogens is 442 g/mol. The van der Waals surface area contributed by atoms with Crippen LogP contribution in [0.2, 0.25) is 0 Å². The standard InChI is InChI=1S/C24H29N3O3S2/c1-2-3-8-22(26-24(30)25-15-18-9-11-19(28)12-10-18)23(29)27(16-20-6-4-13-31-20)17-21-7-5-14-32-21/h4-7,9-14,22,28H,2-3,8,15-17H2,1H3,(H2,25,26,30). The monoisotopic (exact) mass is 471 g/mol. The first-order chi connectivity index (χ1) is 15.5. The van der Waals surface area contributed by atoms with Gasteiger partial charge in [0.25, 0.3) is 0 Å². The van der Waals surface area contributed by atoms with Crippen LogP contribution in [-0.4, -0.2) is 28.0 Å². The van der Waals surface area contributed by atoms with Crippen LogP contribution in [0, 0.1) is 0 Å². The lowest BCUT2D eigenvalue weighted by Gasteiger charge is -2.27. The van der Waals surface area contributed by atoms with Gasteiger partial charge in [0.1, 0.15) is 11.8 Å². The fourth-order valence-electron chi connectivity index (χ4n) is 3.28. The molecule has 0 aliphatic heterocycles. The van der Waals surface area contributed by atoms with Crippen LogP contribution in [0.5, 0.6) is 5.75 Å². The second kappa shape index (κ2) is 12.3. The van der Waals surface area contributed by atoms with Crippen molar-refractivity contribution in [1.82, 2.24) is 15.5 Å². The maximum Gasteiger partial charge on any atom is 0.315 e. The van der Waals surface area contributed by atoms with E-state index in [9.17, 15) is 14.7 Å². The summed E-state index contributed by atoms with van der Waals surface area (Å²) in [6, 6.07) is 13.7. The number of phenols is 1. The molecule has 0 radical (unpaired) electrons. The lowest BCUT2D eigenvalue weighted by atomic mass is 10.1. The Hall–Kier alpha value is -2.84. The molecule has 0 fully saturated rings. The normalized spacial score (nSPS) is 11.7. The van der Waals surface area contributed by atoms with Crippen molar-refractivity contribution in [1.29, 1.82) is 0 Å². The Kier molecular flexibility index (Phi) is 9.13. The number of hydrogen-bond acceptors (Lipinski definition) is 5. The van der Waals surface area contributed by atoms with Gasteiger partial charge in [-0.1, -0.05) is 44.0 Å². The largest absolute Gasteiger partial charge is 0.508 e. The first-order valence-electron chi connectivity index (χ1n) is 10.7. The Bertz CT molecular complexity index is 921. The zero-order chi connectivity index (χ0) is 22.8. The molecule has 1 atom stereocenters. The number of phenolic OH excluding ortho intramolecular Hbond substituents is 1. The molecule has 3 rings (SSSR count). The van der Waals surface area contributed by atoms with Gasteiger partial charge in [-0.05, 0) is 47.0 Å². The number of rotatable bonds is 11. The Morgan fingerprint density at radius 2 is 1.62 bits per heavy atom. The number of carbonyl (C=O) groups excluding carboxylic acids is 2. The molecule has 1 unspecified atom stereocenters. The molecule has 2 aromatic heterocycles. The first-order valence-corrected chi connectivity index (χ1v) is 12.5. The van der Waals surface area contributed by atoms with Crippen LogP contribution in [0.4, 0.5) is 4.79 Å². The zero-order valence-electron chi connectivity index (χ0n) is 18.1. The molecule has 1 aromatic carbocycles. The minimum atomic E-state index is -0.588. The minimum Gasteiger partial charge on any atom is -0.508 e. The Morgan fingerprint density at radius 1 is 1.00 bits per heavy atom. The van der Waals surface area contributed by atoms with Crippen LogP contribution in [0.1, 0.15) is 41.5 Å². The van der Waals surface area contributed by atoms with Gasteiger partial charge in [-0.25, -0.2) is 4.79 Å². The lowest BCUT2D eigenvalue weighted by Crippen LogP contribution is -2.50. The average molecular weight is 472 g/mol. The number of hydrogen-bond donors (Lipinski definition) is 3. The van der Waals surface area contributed by atoms with E-state index >= 15 is 0 Å². The van der Waals surface area contributed by atoms with Crippen molar-refractivity contribution in [3.05, 3.63) is 74.6 Å². The number of nitrogens with zero attached hydrogens (tertiary/aromatic N) is 1. The van der Waals surface area contributed by atoms with E-state index in [2.05, 4.69) is 17.6 Å².